The van der Waals surface area contributed by atoms with Gasteiger partial charge in [-0.1, -0.05) is 117 Å². The number of hydrogen-bond donors (Lipinski definition) is 0. The van der Waals surface area contributed by atoms with Crippen LogP contribution in [0.3, 0.4) is 0 Å². The molecule has 8 rings (SSSR count). The first-order chi connectivity index (χ1) is 19.6. The van der Waals surface area contributed by atoms with Crippen molar-refractivity contribution in [3.8, 4) is 22.5 Å². The largest absolute Gasteiger partial charge is 0.464 e. The summed E-state index contributed by atoms with van der Waals surface area (Å²) in [5.74, 6) is 0.890. The molecule has 2 heteroatoms. The molecule has 2 aliphatic rings. The van der Waals surface area contributed by atoms with Gasteiger partial charge in [-0.25, -0.2) is 0 Å². The highest BCUT2D eigenvalue weighted by Gasteiger charge is 2.52. The van der Waals surface area contributed by atoms with E-state index in [4.69, 9.17) is 4.42 Å². The van der Waals surface area contributed by atoms with E-state index in [1.54, 1.807) is 6.26 Å². The predicted molar refractivity (Wildman–Crippen MR) is 164 cm³/mol. The van der Waals surface area contributed by atoms with Gasteiger partial charge in [0.15, 0.2) is 0 Å². The molecule has 0 unspecified atom stereocenters. The van der Waals surface area contributed by atoms with Gasteiger partial charge >= 0.3 is 0 Å². The fraction of sp³-hybridized carbons (Fsp3) is 0.105. The molecule has 6 aromatic rings. The van der Waals surface area contributed by atoms with Crippen LogP contribution < -0.4 is 0 Å². The molecular weight excluding hydrogens is 504 g/mol. The molecule has 0 atom stereocenters. The Bertz CT molecular complexity index is 1870. The smallest absolute Gasteiger partial charge is 0.133 e. The first kappa shape index (κ1) is 23.6. The molecule has 0 saturated heterocycles. The van der Waals surface area contributed by atoms with Crippen molar-refractivity contribution in [2.75, 3.05) is 0 Å². The lowest BCUT2D eigenvalue weighted by molar-refractivity contribution is 0.549. The van der Waals surface area contributed by atoms with Crippen LogP contribution in [0.4, 0.5) is 0 Å². The van der Waals surface area contributed by atoms with E-state index in [1.807, 2.05) is 23.9 Å². The molecule has 2 heterocycles. The molecule has 1 aliphatic carbocycles. The van der Waals surface area contributed by atoms with E-state index in [0.717, 1.165) is 11.3 Å². The normalized spacial score (nSPS) is 15.6. The topological polar surface area (TPSA) is 13.1 Å². The summed E-state index contributed by atoms with van der Waals surface area (Å²) >= 11 is 1.89. The third-order valence-corrected chi connectivity index (χ3v) is 10.1. The Morgan fingerprint density at radius 1 is 0.475 bits per heavy atom. The minimum atomic E-state index is -0.381. The Balaban J connectivity index is 1.44. The lowest BCUT2D eigenvalue weighted by Gasteiger charge is -2.50. The Morgan fingerprint density at radius 2 is 1.07 bits per heavy atom. The molecular formula is C38H28OS. The maximum absolute atomic E-state index is 5.71. The molecule has 192 valence electrons. The van der Waals surface area contributed by atoms with Gasteiger partial charge in [0.05, 0.1) is 11.7 Å². The zero-order chi connectivity index (χ0) is 26.9. The molecule has 1 nitrogen and oxygen atoms in total. The average molecular weight is 533 g/mol. The van der Waals surface area contributed by atoms with Crippen LogP contribution in [0, 0.1) is 0 Å². The van der Waals surface area contributed by atoms with Crippen LogP contribution in [0.2, 0.25) is 0 Å². The van der Waals surface area contributed by atoms with Crippen molar-refractivity contribution < 1.29 is 4.42 Å². The number of furan rings is 1. The molecule has 0 radical (unpaired) electrons. The van der Waals surface area contributed by atoms with Crippen LogP contribution in [-0.4, -0.2) is 0 Å². The quantitative estimate of drug-likeness (QED) is 0.220. The zero-order valence-corrected chi connectivity index (χ0v) is 23.3. The Labute approximate surface area is 239 Å². The lowest BCUT2D eigenvalue weighted by atomic mass is 9.54. The molecule has 0 bridgehead atoms. The Hall–Kier alpha value is -4.27. The molecule has 40 heavy (non-hydrogen) atoms. The molecule has 1 aliphatic heterocycles. The van der Waals surface area contributed by atoms with Crippen molar-refractivity contribution in [2.24, 2.45) is 0 Å². The Kier molecular flexibility index (Phi) is 5.08. The first-order valence-electron chi connectivity index (χ1n) is 13.8. The maximum atomic E-state index is 5.71. The lowest BCUT2D eigenvalue weighted by Crippen LogP contribution is -2.43. The predicted octanol–water partition coefficient (Wildman–Crippen LogP) is 10.1. The molecule has 0 amide bonds. The summed E-state index contributed by atoms with van der Waals surface area (Å²) in [6.07, 6.45) is 1.73. The van der Waals surface area contributed by atoms with E-state index in [2.05, 4.69) is 129 Å². The average Bonchev–Trinajstić information content (AvgIpc) is 3.55. The van der Waals surface area contributed by atoms with Crippen LogP contribution in [-0.2, 0) is 10.8 Å². The van der Waals surface area contributed by atoms with Gasteiger partial charge in [0.25, 0.3) is 0 Å². The molecule has 1 spiro atoms. The van der Waals surface area contributed by atoms with Gasteiger partial charge in [-0.15, -0.1) is 0 Å². The van der Waals surface area contributed by atoms with Gasteiger partial charge in [-0.3, -0.25) is 0 Å². The van der Waals surface area contributed by atoms with Crippen molar-refractivity contribution in [2.45, 2.75) is 34.5 Å². The molecule has 5 aromatic carbocycles. The third kappa shape index (κ3) is 3.17. The Morgan fingerprint density at radius 3 is 1.77 bits per heavy atom. The fourth-order valence-corrected chi connectivity index (χ4v) is 8.28. The van der Waals surface area contributed by atoms with E-state index >= 15 is 0 Å². The second-order valence-corrected chi connectivity index (χ2v) is 12.4. The van der Waals surface area contributed by atoms with Gasteiger partial charge in [0.1, 0.15) is 5.76 Å². The number of rotatable bonds is 2. The fourth-order valence-electron chi connectivity index (χ4n) is 7.08. The molecule has 0 N–H and O–H groups in total. The van der Waals surface area contributed by atoms with E-state index in [1.165, 1.54) is 54.3 Å². The zero-order valence-electron chi connectivity index (χ0n) is 22.5. The van der Waals surface area contributed by atoms with Crippen LogP contribution in [0.25, 0.3) is 22.5 Å². The summed E-state index contributed by atoms with van der Waals surface area (Å²) in [6, 6.07) is 46.9. The summed E-state index contributed by atoms with van der Waals surface area (Å²) in [6.45, 7) is 4.77. The molecule has 0 saturated carbocycles. The summed E-state index contributed by atoms with van der Waals surface area (Å²) in [7, 11) is 0. The van der Waals surface area contributed by atoms with Gasteiger partial charge in [-0.2, -0.15) is 0 Å². The summed E-state index contributed by atoms with van der Waals surface area (Å²) in [5.41, 5.74) is 11.2. The van der Waals surface area contributed by atoms with Gasteiger partial charge in [0.2, 0.25) is 0 Å². The van der Waals surface area contributed by atoms with Gasteiger partial charge in [-0.05, 0) is 80.9 Å². The molecule has 0 fully saturated rings. The van der Waals surface area contributed by atoms with E-state index in [-0.39, 0.29) is 10.8 Å². The standard InChI is InChI=1S/C38H28OS/c1-37(2)28-13-3-4-14-29(28)38(31-15-5-7-18-35(31)40-36-19-8-6-16-32(36)38)30-21-20-26(24-33(30)37)25-11-9-12-27(23-25)34-17-10-22-39-34/h3-24H,1-2H3. The van der Waals surface area contributed by atoms with Gasteiger partial charge in [0, 0.05) is 20.8 Å². The van der Waals surface area contributed by atoms with Crippen molar-refractivity contribution in [1.82, 2.24) is 0 Å². The van der Waals surface area contributed by atoms with Crippen LogP contribution in [0.1, 0.15) is 47.2 Å². The van der Waals surface area contributed by atoms with Crippen molar-refractivity contribution in [1.29, 1.82) is 0 Å². The monoisotopic (exact) mass is 532 g/mol. The summed E-state index contributed by atoms with van der Waals surface area (Å²) in [5, 5.41) is 0. The van der Waals surface area contributed by atoms with Crippen molar-refractivity contribution >= 4 is 11.8 Å². The van der Waals surface area contributed by atoms with Crippen LogP contribution >= 0.6 is 11.8 Å². The maximum Gasteiger partial charge on any atom is 0.133 e. The highest BCUT2D eigenvalue weighted by molar-refractivity contribution is 7.99. The number of benzene rings is 5. The second-order valence-electron chi connectivity index (χ2n) is 11.3. The SMILES string of the molecule is CC1(C)c2ccccc2C2(c3ccccc3Sc3ccccc32)c2ccc(-c3cccc(-c4ccco4)c3)cc21. The van der Waals surface area contributed by atoms with E-state index < -0.39 is 0 Å². The van der Waals surface area contributed by atoms with Crippen LogP contribution in [0.5, 0.6) is 0 Å². The number of hydrogen-bond acceptors (Lipinski definition) is 2. The molecule has 1 aromatic heterocycles. The number of fused-ring (bicyclic) bond motifs is 8. The van der Waals surface area contributed by atoms with E-state index in [0.29, 0.717) is 0 Å². The van der Waals surface area contributed by atoms with Crippen molar-refractivity contribution in [3.05, 3.63) is 167 Å². The van der Waals surface area contributed by atoms with E-state index in [9.17, 15) is 0 Å². The highest BCUT2D eigenvalue weighted by atomic mass is 32.2. The first-order valence-corrected chi connectivity index (χ1v) is 14.7. The summed E-state index contributed by atoms with van der Waals surface area (Å²) in [4.78, 5) is 2.66. The minimum Gasteiger partial charge on any atom is -0.464 e. The van der Waals surface area contributed by atoms with Gasteiger partial charge < -0.3 is 4.42 Å². The second kappa shape index (κ2) is 8.61. The highest BCUT2D eigenvalue weighted by Crippen LogP contribution is 2.61. The minimum absolute atomic E-state index is 0.166. The summed E-state index contributed by atoms with van der Waals surface area (Å²) < 4.78 is 5.71. The van der Waals surface area contributed by atoms with Crippen LogP contribution in [0.15, 0.2) is 148 Å². The third-order valence-electron chi connectivity index (χ3n) is 8.90. The van der Waals surface area contributed by atoms with Crippen molar-refractivity contribution in [3.63, 3.8) is 0 Å².